The van der Waals surface area contributed by atoms with Crippen LogP contribution in [0, 0.1) is 11.8 Å². The molecule has 3 N–H and O–H groups in total. The molecule has 1 aromatic heterocycles. The maximum Gasteiger partial charge on any atom is 0.272 e. The molecule has 1 atom stereocenters. The molecule has 162 valence electrons. The fourth-order valence-corrected chi connectivity index (χ4v) is 5.38. The number of anilines is 1. The van der Waals surface area contributed by atoms with Gasteiger partial charge in [0.15, 0.2) is 0 Å². The van der Waals surface area contributed by atoms with Crippen LogP contribution in [0.3, 0.4) is 0 Å². The number of nitrogens with one attached hydrogen (secondary N) is 3. The molecule has 0 radical (unpaired) electrons. The number of allylic oxidation sites excluding steroid dienone is 2. The van der Waals surface area contributed by atoms with E-state index in [-0.39, 0.29) is 17.7 Å². The Balaban J connectivity index is 1.51. The predicted octanol–water partition coefficient (Wildman–Crippen LogP) is 5.36. The third-order valence-electron chi connectivity index (χ3n) is 7.19. The number of H-pyrrole nitrogens is 1. The minimum Gasteiger partial charge on any atom is -0.354 e. The number of carbonyl (C=O) groups is 2. The average Bonchev–Trinajstić information content (AvgIpc) is 3.08. The van der Waals surface area contributed by atoms with Gasteiger partial charge < -0.3 is 10.3 Å². The zero-order chi connectivity index (χ0) is 21.4. The molecule has 31 heavy (non-hydrogen) atoms. The summed E-state index contributed by atoms with van der Waals surface area (Å²) in [5, 5.41) is 8.10. The second kappa shape index (κ2) is 8.33. The van der Waals surface area contributed by atoms with Gasteiger partial charge in [-0.3, -0.25) is 9.59 Å². The standard InChI is InChI=1S/C25H30N4O2/c1-15(16-8-4-2-5-9-16)24(30)27-18-12-19-22-20(14-26-29-25(19)31)23(28-21(22)13-18)17-10-6-3-7-11-17/h10,12-16,28H,2-9,11H2,1H3,(H,27,30)(H,29,31)/t15-/m1/s1. The molecule has 6 nitrogen and oxygen atoms in total. The number of hydrazone groups is 1. The number of hydrogen-bond acceptors (Lipinski definition) is 3. The molecule has 2 aliphatic carbocycles. The molecule has 2 amide bonds. The van der Waals surface area contributed by atoms with Crippen molar-refractivity contribution in [3.05, 3.63) is 35.0 Å². The van der Waals surface area contributed by atoms with E-state index in [0.29, 0.717) is 17.2 Å². The highest BCUT2D eigenvalue weighted by Crippen LogP contribution is 2.36. The molecule has 2 aromatic rings. The molecule has 5 rings (SSSR count). The van der Waals surface area contributed by atoms with Gasteiger partial charge in [0, 0.05) is 28.1 Å². The molecule has 2 heterocycles. The smallest absolute Gasteiger partial charge is 0.272 e. The van der Waals surface area contributed by atoms with E-state index in [1.807, 2.05) is 13.0 Å². The van der Waals surface area contributed by atoms with Crippen LogP contribution >= 0.6 is 0 Å². The van der Waals surface area contributed by atoms with Crippen LogP contribution in [-0.4, -0.2) is 23.0 Å². The van der Waals surface area contributed by atoms with E-state index in [0.717, 1.165) is 47.8 Å². The highest BCUT2D eigenvalue weighted by Gasteiger charge is 2.27. The number of carbonyl (C=O) groups excluding carboxylic acids is 2. The minimum absolute atomic E-state index is 0.0329. The van der Waals surface area contributed by atoms with Crippen LogP contribution in [0.5, 0.6) is 0 Å². The maximum atomic E-state index is 13.0. The highest BCUT2D eigenvalue weighted by molar-refractivity contribution is 6.17. The maximum absolute atomic E-state index is 13.0. The third kappa shape index (κ3) is 3.80. The van der Waals surface area contributed by atoms with Crippen LogP contribution in [0.15, 0.2) is 23.3 Å². The normalized spacial score (nSPS) is 20.2. The summed E-state index contributed by atoms with van der Waals surface area (Å²) in [5.41, 5.74) is 7.93. The van der Waals surface area contributed by atoms with Crippen molar-refractivity contribution in [2.45, 2.75) is 64.7 Å². The van der Waals surface area contributed by atoms with Crippen molar-refractivity contribution in [2.75, 3.05) is 5.32 Å². The van der Waals surface area contributed by atoms with E-state index in [9.17, 15) is 9.59 Å². The summed E-state index contributed by atoms with van der Waals surface area (Å²) < 4.78 is 0. The van der Waals surface area contributed by atoms with Crippen molar-refractivity contribution < 1.29 is 9.59 Å². The predicted molar refractivity (Wildman–Crippen MR) is 124 cm³/mol. The Kier molecular flexibility index (Phi) is 5.38. The zero-order valence-electron chi connectivity index (χ0n) is 18.1. The van der Waals surface area contributed by atoms with E-state index in [1.165, 1.54) is 37.7 Å². The Morgan fingerprint density at radius 1 is 1.16 bits per heavy atom. The minimum atomic E-state index is -0.250. The van der Waals surface area contributed by atoms with Gasteiger partial charge in [0.05, 0.1) is 17.5 Å². The van der Waals surface area contributed by atoms with Crippen molar-refractivity contribution in [3.8, 4) is 0 Å². The monoisotopic (exact) mass is 418 g/mol. The van der Waals surface area contributed by atoms with E-state index < -0.39 is 0 Å². The molecule has 1 aromatic carbocycles. The van der Waals surface area contributed by atoms with Gasteiger partial charge in [-0.1, -0.05) is 32.3 Å². The van der Waals surface area contributed by atoms with Gasteiger partial charge in [-0.15, -0.1) is 0 Å². The van der Waals surface area contributed by atoms with Crippen LogP contribution in [0.25, 0.3) is 16.5 Å². The molecule has 0 spiro atoms. The van der Waals surface area contributed by atoms with Crippen molar-refractivity contribution in [2.24, 2.45) is 16.9 Å². The number of rotatable bonds is 4. The first-order valence-corrected chi connectivity index (χ1v) is 11.6. The fraction of sp³-hybridized carbons (Fsp3) is 0.480. The lowest BCUT2D eigenvalue weighted by atomic mass is 9.80. The second-order valence-corrected chi connectivity index (χ2v) is 9.21. The molecule has 0 bridgehead atoms. The lowest BCUT2D eigenvalue weighted by Gasteiger charge is -2.26. The molecular formula is C25H30N4O2. The van der Waals surface area contributed by atoms with Gasteiger partial charge in [-0.05, 0) is 62.1 Å². The van der Waals surface area contributed by atoms with Crippen LogP contribution in [0.2, 0.25) is 0 Å². The Labute approximate surface area is 182 Å². The Morgan fingerprint density at radius 3 is 2.77 bits per heavy atom. The number of hydrogen-bond donors (Lipinski definition) is 3. The first kappa shape index (κ1) is 20.0. The molecular weight excluding hydrogens is 388 g/mol. The van der Waals surface area contributed by atoms with E-state index >= 15 is 0 Å². The largest absolute Gasteiger partial charge is 0.354 e. The molecule has 1 aliphatic heterocycles. The van der Waals surface area contributed by atoms with Crippen LogP contribution in [0.1, 0.15) is 86.3 Å². The fourth-order valence-electron chi connectivity index (χ4n) is 5.38. The number of aromatic amines is 1. The van der Waals surface area contributed by atoms with Crippen molar-refractivity contribution in [1.29, 1.82) is 0 Å². The Bertz CT molecular complexity index is 1090. The van der Waals surface area contributed by atoms with Gasteiger partial charge in [0.2, 0.25) is 5.91 Å². The zero-order valence-corrected chi connectivity index (χ0v) is 18.1. The topological polar surface area (TPSA) is 86.3 Å². The van der Waals surface area contributed by atoms with Gasteiger partial charge >= 0.3 is 0 Å². The lowest BCUT2D eigenvalue weighted by molar-refractivity contribution is -0.121. The molecule has 0 saturated heterocycles. The molecule has 1 saturated carbocycles. The molecule has 0 unspecified atom stereocenters. The van der Waals surface area contributed by atoms with Gasteiger partial charge in [-0.25, -0.2) is 5.43 Å². The first-order valence-electron chi connectivity index (χ1n) is 11.6. The van der Waals surface area contributed by atoms with Gasteiger partial charge in [0.25, 0.3) is 5.91 Å². The summed E-state index contributed by atoms with van der Waals surface area (Å²) in [7, 11) is 0. The van der Waals surface area contributed by atoms with Crippen molar-refractivity contribution in [3.63, 3.8) is 0 Å². The summed E-state index contributed by atoms with van der Waals surface area (Å²) in [6, 6.07) is 3.74. The Morgan fingerprint density at radius 2 is 2.00 bits per heavy atom. The van der Waals surface area contributed by atoms with Crippen molar-refractivity contribution >= 4 is 40.2 Å². The Hall–Kier alpha value is -2.89. The number of amides is 2. The number of aromatic nitrogens is 1. The van der Waals surface area contributed by atoms with E-state index in [1.54, 1.807) is 12.3 Å². The summed E-state index contributed by atoms with van der Waals surface area (Å²) in [6.07, 6.45) is 14.4. The van der Waals surface area contributed by atoms with Gasteiger partial charge in [-0.2, -0.15) is 5.10 Å². The van der Waals surface area contributed by atoms with Crippen molar-refractivity contribution in [1.82, 2.24) is 10.4 Å². The van der Waals surface area contributed by atoms with Crippen LogP contribution in [-0.2, 0) is 4.79 Å². The summed E-state index contributed by atoms with van der Waals surface area (Å²) in [5.74, 6) is 0.192. The third-order valence-corrected chi connectivity index (χ3v) is 7.19. The van der Waals surface area contributed by atoms with Gasteiger partial charge in [0.1, 0.15) is 0 Å². The average molecular weight is 419 g/mol. The second-order valence-electron chi connectivity index (χ2n) is 9.21. The SMILES string of the molecule is C[C@@H](C(=O)Nc1cc2c3c(c(C4=CCCCC4)[nH]c3c1)C=NNC2=O)C1CCCCC1. The van der Waals surface area contributed by atoms with Crippen LogP contribution < -0.4 is 10.7 Å². The van der Waals surface area contributed by atoms with E-state index in [2.05, 4.69) is 26.9 Å². The summed E-state index contributed by atoms with van der Waals surface area (Å²) in [4.78, 5) is 29.2. The molecule has 1 fully saturated rings. The summed E-state index contributed by atoms with van der Waals surface area (Å²) >= 11 is 0. The van der Waals surface area contributed by atoms with Crippen LogP contribution in [0.4, 0.5) is 5.69 Å². The lowest BCUT2D eigenvalue weighted by Crippen LogP contribution is -2.28. The highest BCUT2D eigenvalue weighted by atomic mass is 16.2. The van der Waals surface area contributed by atoms with E-state index in [4.69, 9.17) is 0 Å². The first-order chi connectivity index (χ1) is 15.1. The number of nitrogens with zero attached hydrogens (tertiary/aromatic N) is 1. The number of benzene rings is 1. The quantitative estimate of drug-likeness (QED) is 0.624. The molecule has 3 aliphatic rings. The molecule has 6 heteroatoms. The summed E-state index contributed by atoms with van der Waals surface area (Å²) in [6.45, 7) is 2.03.